The molecule has 138 valence electrons. The molecule has 4 rings (SSSR count). The third-order valence-electron chi connectivity index (χ3n) is 3.78. The molecule has 0 saturated carbocycles. The molecule has 0 spiro atoms. The second-order valence-corrected chi connectivity index (χ2v) is 7.47. The predicted molar refractivity (Wildman–Crippen MR) is 109 cm³/mol. The number of benzene rings is 2. The van der Waals surface area contributed by atoms with Crippen molar-refractivity contribution >= 4 is 44.3 Å². The van der Waals surface area contributed by atoms with Gasteiger partial charge in [0.25, 0.3) is 0 Å². The van der Waals surface area contributed by atoms with Crippen molar-refractivity contribution in [2.24, 2.45) is 0 Å². The van der Waals surface area contributed by atoms with Crippen molar-refractivity contribution in [1.29, 1.82) is 0 Å². The standard InChI is InChI=1S/C19H11BrN4O3S/c20-14-8-9-15(16-13(14)7-4-10-21-16)27-18-17(24(25)26)19(23-11-22-18)28-12-5-2-1-3-6-12/h1-11H. The van der Waals surface area contributed by atoms with Crippen molar-refractivity contribution in [1.82, 2.24) is 15.0 Å². The summed E-state index contributed by atoms with van der Waals surface area (Å²) in [5, 5.41) is 12.8. The molecule has 2 aromatic carbocycles. The molecule has 9 heteroatoms. The van der Waals surface area contributed by atoms with Crippen LogP contribution < -0.4 is 4.74 Å². The van der Waals surface area contributed by atoms with E-state index in [9.17, 15) is 10.1 Å². The quantitative estimate of drug-likeness (QED) is 0.219. The Morgan fingerprint density at radius 2 is 1.82 bits per heavy atom. The second kappa shape index (κ2) is 7.91. The van der Waals surface area contributed by atoms with E-state index < -0.39 is 4.92 Å². The van der Waals surface area contributed by atoms with Gasteiger partial charge in [-0.05, 0) is 30.3 Å². The average Bonchev–Trinajstić information content (AvgIpc) is 2.71. The zero-order valence-electron chi connectivity index (χ0n) is 14.2. The Hall–Kier alpha value is -3.04. The molecule has 2 aromatic heterocycles. The summed E-state index contributed by atoms with van der Waals surface area (Å²) in [6.07, 6.45) is 2.88. The van der Waals surface area contributed by atoms with Crippen molar-refractivity contribution in [2.45, 2.75) is 9.92 Å². The molecule has 2 heterocycles. The molecule has 0 atom stereocenters. The van der Waals surface area contributed by atoms with E-state index in [1.807, 2.05) is 36.4 Å². The zero-order chi connectivity index (χ0) is 19.5. The van der Waals surface area contributed by atoms with Gasteiger partial charge in [-0.3, -0.25) is 15.1 Å². The van der Waals surface area contributed by atoms with E-state index >= 15 is 0 Å². The summed E-state index contributed by atoms with van der Waals surface area (Å²) >= 11 is 4.65. The van der Waals surface area contributed by atoms with E-state index in [0.717, 1.165) is 14.8 Å². The Labute approximate surface area is 172 Å². The highest BCUT2D eigenvalue weighted by molar-refractivity contribution is 9.10. The van der Waals surface area contributed by atoms with Gasteiger partial charge in [-0.15, -0.1) is 0 Å². The topological polar surface area (TPSA) is 91.0 Å². The van der Waals surface area contributed by atoms with Crippen LogP contribution in [0.1, 0.15) is 0 Å². The summed E-state index contributed by atoms with van der Waals surface area (Å²) < 4.78 is 6.68. The summed E-state index contributed by atoms with van der Waals surface area (Å²) in [4.78, 5) is 24.5. The maximum absolute atomic E-state index is 11.7. The number of ether oxygens (including phenoxy) is 1. The summed E-state index contributed by atoms with van der Waals surface area (Å²) in [5.41, 5.74) is 0.283. The first-order chi connectivity index (χ1) is 13.6. The second-order valence-electron chi connectivity index (χ2n) is 5.55. The van der Waals surface area contributed by atoms with E-state index in [0.29, 0.717) is 11.3 Å². The van der Waals surface area contributed by atoms with Gasteiger partial charge >= 0.3 is 11.6 Å². The fourth-order valence-corrected chi connectivity index (χ4v) is 3.88. The molecule has 28 heavy (non-hydrogen) atoms. The Bertz CT molecular complexity index is 1170. The van der Waals surface area contributed by atoms with Gasteiger partial charge in [-0.2, -0.15) is 4.98 Å². The average molecular weight is 455 g/mol. The lowest BCUT2D eigenvalue weighted by Gasteiger charge is -2.10. The molecular formula is C19H11BrN4O3S. The fraction of sp³-hybridized carbons (Fsp3) is 0. The van der Waals surface area contributed by atoms with Gasteiger partial charge in [0.05, 0.1) is 4.92 Å². The summed E-state index contributed by atoms with van der Waals surface area (Å²) in [6, 6.07) is 16.5. The minimum absolute atomic E-state index is 0.132. The lowest BCUT2D eigenvalue weighted by atomic mass is 10.2. The molecule has 0 saturated heterocycles. The number of pyridine rings is 1. The lowest BCUT2D eigenvalue weighted by Crippen LogP contribution is -2.00. The molecule has 0 bridgehead atoms. The van der Waals surface area contributed by atoms with Gasteiger partial charge in [-0.1, -0.05) is 52.0 Å². The molecule has 4 aromatic rings. The van der Waals surface area contributed by atoms with E-state index in [1.54, 1.807) is 24.4 Å². The Morgan fingerprint density at radius 3 is 2.61 bits per heavy atom. The third kappa shape index (κ3) is 3.67. The van der Waals surface area contributed by atoms with Crippen molar-refractivity contribution in [3.63, 3.8) is 0 Å². The van der Waals surface area contributed by atoms with Crippen molar-refractivity contribution < 1.29 is 9.66 Å². The fourth-order valence-electron chi connectivity index (χ4n) is 2.55. The molecule has 0 N–H and O–H groups in total. The maximum atomic E-state index is 11.7. The number of fused-ring (bicyclic) bond motifs is 1. The molecule has 0 amide bonds. The minimum Gasteiger partial charge on any atom is -0.431 e. The monoisotopic (exact) mass is 454 g/mol. The number of aromatic nitrogens is 3. The molecule has 0 unspecified atom stereocenters. The number of nitrogens with zero attached hydrogens (tertiary/aromatic N) is 4. The minimum atomic E-state index is -0.533. The zero-order valence-corrected chi connectivity index (χ0v) is 16.6. The van der Waals surface area contributed by atoms with Gasteiger partial charge < -0.3 is 4.74 Å². The first-order valence-corrected chi connectivity index (χ1v) is 9.68. The molecule has 0 aliphatic heterocycles. The Balaban J connectivity index is 1.78. The van der Waals surface area contributed by atoms with Crippen LogP contribution in [-0.4, -0.2) is 19.9 Å². The number of hydrogen-bond donors (Lipinski definition) is 0. The molecule has 0 radical (unpaired) electrons. The SMILES string of the molecule is O=[N+]([O-])c1c(Oc2ccc(Br)c3cccnc23)ncnc1Sc1ccccc1. The van der Waals surface area contributed by atoms with Crippen molar-refractivity contribution in [3.8, 4) is 11.6 Å². The van der Waals surface area contributed by atoms with Crippen LogP contribution in [0.4, 0.5) is 5.69 Å². The van der Waals surface area contributed by atoms with Gasteiger partial charge in [-0.25, -0.2) is 4.98 Å². The lowest BCUT2D eigenvalue weighted by molar-refractivity contribution is -0.389. The number of rotatable bonds is 5. The highest BCUT2D eigenvalue weighted by Gasteiger charge is 2.26. The van der Waals surface area contributed by atoms with E-state index in [2.05, 4.69) is 30.9 Å². The van der Waals surface area contributed by atoms with Crippen LogP contribution in [0, 0.1) is 10.1 Å². The summed E-state index contributed by atoms with van der Waals surface area (Å²) in [7, 11) is 0. The molecule has 0 aliphatic carbocycles. The van der Waals surface area contributed by atoms with Crippen LogP contribution >= 0.6 is 27.7 Å². The summed E-state index contributed by atoms with van der Waals surface area (Å²) in [5.74, 6) is 0.240. The molecule has 7 nitrogen and oxygen atoms in total. The summed E-state index contributed by atoms with van der Waals surface area (Å²) in [6.45, 7) is 0. The van der Waals surface area contributed by atoms with Crippen molar-refractivity contribution in [3.05, 3.63) is 81.7 Å². The Morgan fingerprint density at radius 1 is 1.00 bits per heavy atom. The van der Waals surface area contributed by atoms with Crippen LogP contribution in [0.15, 0.2) is 81.5 Å². The van der Waals surface area contributed by atoms with E-state index in [4.69, 9.17) is 4.74 Å². The molecule has 0 aliphatic rings. The van der Waals surface area contributed by atoms with Gasteiger partial charge in [0.2, 0.25) is 0 Å². The van der Waals surface area contributed by atoms with E-state index in [-0.39, 0.29) is 16.6 Å². The first kappa shape index (κ1) is 18.3. The number of nitro groups is 1. The largest absolute Gasteiger partial charge is 0.431 e. The van der Waals surface area contributed by atoms with Crippen LogP contribution in [0.25, 0.3) is 10.9 Å². The highest BCUT2D eigenvalue weighted by atomic mass is 79.9. The normalized spacial score (nSPS) is 10.8. The molecular weight excluding hydrogens is 444 g/mol. The predicted octanol–water partition coefficient (Wildman–Crippen LogP) is 5.64. The van der Waals surface area contributed by atoms with Gasteiger partial charge in [0.1, 0.15) is 11.8 Å². The number of hydrogen-bond acceptors (Lipinski definition) is 7. The van der Waals surface area contributed by atoms with Crippen LogP contribution in [0.3, 0.4) is 0 Å². The van der Waals surface area contributed by atoms with Crippen LogP contribution in [-0.2, 0) is 0 Å². The van der Waals surface area contributed by atoms with Crippen LogP contribution in [0.2, 0.25) is 0 Å². The Kier molecular flexibility index (Phi) is 5.18. The van der Waals surface area contributed by atoms with Gasteiger partial charge in [0.15, 0.2) is 10.8 Å². The number of halogens is 1. The first-order valence-electron chi connectivity index (χ1n) is 8.07. The highest BCUT2D eigenvalue weighted by Crippen LogP contribution is 2.40. The van der Waals surface area contributed by atoms with Gasteiger partial charge in [0, 0.05) is 21.0 Å². The molecule has 0 fully saturated rings. The maximum Gasteiger partial charge on any atom is 0.363 e. The van der Waals surface area contributed by atoms with Crippen molar-refractivity contribution in [2.75, 3.05) is 0 Å². The third-order valence-corrected chi connectivity index (χ3v) is 5.47. The van der Waals surface area contributed by atoms with E-state index in [1.165, 1.54) is 18.1 Å². The smallest absolute Gasteiger partial charge is 0.363 e. The van der Waals surface area contributed by atoms with Crippen LogP contribution in [0.5, 0.6) is 11.6 Å².